The average molecular weight is 370 g/mol. The number of hydrogen-bond acceptors (Lipinski definition) is 3. The molecule has 1 aliphatic rings. The van der Waals surface area contributed by atoms with E-state index in [4.69, 9.17) is 0 Å². The summed E-state index contributed by atoms with van der Waals surface area (Å²) in [5, 5.41) is 0. The van der Waals surface area contributed by atoms with Gasteiger partial charge in [-0.2, -0.15) is 13.2 Å². The van der Waals surface area contributed by atoms with Gasteiger partial charge in [-0.1, -0.05) is 18.2 Å². The molecule has 0 spiro atoms. The number of carbonyl (C=O) groups excluding carboxylic acids is 2. The van der Waals surface area contributed by atoms with Crippen molar-refractivity contribution in [3.05, 3.63) is 35.4 Å². The predicted octanol–water partition coefficient (Wildman–Crippen LogP) is 3.01. The zero-order valence-corrected chi connectivity index (χ0v) is 15.2. The molecule has 1 aromatic rings. The SMILES string of the molecule is CC(=O)C(=O)N(C)CC1CCN(CCc2cccc(C(F)(F)F)c2)CC1. The van der Waals surface area contributed by atoms with E-state index in [0.717, 1.165) is 38.5 Å². The van der Waals surface area contributed by atoms with Crippen LogP contribution in [0, 0.1) is 5.92 Å². The third-order valence-corrected chi connectivity index (χ3v) is 4.86. The molecule has 0 aromatic heterocycles. The van der Waals surface area contributed by atoms with Gasteiger partial charge >= 0.3 is 6.18 Å². The highest BCUT2D eigenvalue weighted by Crippen LogP contribution is 2.29. The van der Waals surface area contributed by atoms with Crippen LogP contribution in [-0.2, 0) is 22.2 Å². The van der Waals surface area contributed by atoms with E-state index in [1.807, 2.05) is 0 Å². The zero-order valence-electron chi connectivity index (χ0n) is 15.2. The number of likely N-dealkylation sites (tertiary alicyclic amines) is 1. The number of Topliss-reactive ketones (excluding diaryl/α,β-unsaturated/α-hetero) is 1. The minimum absolute atomic E-state index is 0.355. The van der Waals surface area contributed by atoms with Crippen LogP contribution in [0.2, 0.25) is 0 Å². The largest absolute Gasteiger partial charge is 0.416 e. The van der Waals surface area contributed by atoms with Crippen molar-refractivity contribution in [3.8, 4) is 0 Å². The number of benzene rings is 1. The van der Waals surface area contributed by atoms with Gasteiger partial charge in [0.15, 0.2) is 0 Å². The summed E-state index contributed by atoms with van der Waals surface area (Å²) in [6, 6.07) is 5.49. The molecule has 0 N–H and O–H groups in total. The van der Waals surface area contributed by atoms with E-state index in [1.54, 1.807) is 13.1 Å². The quantitative estimate of drug-likeness (QED) is 0.723. The van der Waals surface area contributed by atoms with E-state index in [-0.39, 0.29) is 0 Å². The normalized spacial score (nSPS) is 16.5. The Morgan fingerprint density at radius 1 is 1.23 bits per heavy atom. The number of halogens is 3. The highest BCUT2D eigenvalue weighted by molar-refractivity contribution is 6.34. The summed E-state index contributed by atoms with van der Waals surface area (Å²) in [7, 11) is 1.64. The second kappa shape index (κ2) is 8.66. The molecule has 4 nitrogen and oxygen atoms in total. The summed E-state index contributed by atoms with van der Waals surface area (Å²) >= 11 is 0. The van der Waals surface area contributed by atoms with Crippen LogP contribution in [0.4, 0.5) is 13.2 Å². The fourth-order valence-electron chi connectivity index (χ4n) is 3.32. The highest BCUT2D eigenvalue weighted by atomic mass is 19.4. The molecular formula is C19H25F3N2O2. The van der Waals surface area contributed by atoms with Gasteiger partial charge in [-0.3, -0.25) is 9.59 Å². The number of piperidine rings is 1. The summed E-state index contributed by atoms with van der Waals surface area (Å²) < 4.78 is 38.3. The van der Waals surface area contributed by atoms with Gasteiger partial charge < -0.3 is 9.80 Å². The minimum Gasteiger partial charge on any atom is -0.339 e. The van der Waals surface area contributed by atoms with Crippen molar-refractivity contribution in [1.29, 1.82) is 0 Å². The van der Waals surface area contributed by atoms with Crippen LogP contribution < -0.4 is 0 Å². The monoisotopic (exact) mass is 370 g/mol. The maximum Gasteiger partial charge on any atom is 0.416 e. The third-order valence-electron chi connectivity index (χ3n) is 4.86. The van der Waals surface area contributed by atoms with Gasteiger partial charge in [0.1, 0.15) is 0 Å². The minimum atomic E-state index is -4.31. The Bertz CT molecular complexity index is 638. The van der Waals surface area contributed by atoms with Crippen LogP contribution >= 0.6 is 0 Å². The van der Waals surface area contributed by atoms with Gasteiger partial charge in [0.2, 0.25) is 5.78 Å². The van der Waals surface area contributed by atoms with Crippen molar-refractivity contribution in [2.45, 2.75) is 32.4 Å². The molecule has 1 aliphatic heterocycles. The maximum absolute atomic E-state index is 12.8. The van der Waals surface area contributed by atoms with E-state index in [2.05, 4.69) is 4.90 Å². The number of amides is 1. The average Bonchev–Trinajstić information content (AvgIpc) is 2.60. The Morgan fingerprint density at radius 3 is 2.46 bits per heavy atom. The summed E-state index contributed by atoms with van der Waals surface area (Å²) in [5.74, 6) is -0.559. The number of nitrogens with zero attached hydrogens (tertiary/aromatic N) is 2. The molecular weight excluding hydrogens is 345 g/mol. The molecule has 1 aromatic carbocycles. The molecule has 0 unspecified atom stereocenters. The second-order valence-corrected chi connectivity index (χ2v) is 6.98. The van der Waals surface area contributed by atoms with Crippen molar-refractivity contribution in [2.24, 2.45) is 5.92 Å². The first-order valence-corrected chi connectivity index (χ1v) is 8.81. The van der Waals surface area contributed by atoms with Gasteiger partial charge in [0, 0.05) is 27.1 Å². The molecule has 0 saturated carbocycles. The Kier molecular flexibility index (Phi) is 6.81. The standard InChI is InChI=1S/C19H25F3N2O2/c1-14(25)18(26)23(2)13-16-7-10-24(11-8-16)9-6-15-4-3-5-17(12-15)19(20,21)22/h3-5,12,16H,6-11,13H2,1-2H3. The first-order valence-electron chi connectivity index (χ1n) is 8.81. The van der Waals surface area contributed by atoms with Crippen LogP contribution in [0.15, 0.2) is 24.3 Å². The third kappa shape index (κ3) is 5.83. The lowest BCUT2D eigenvalue weighted by Gasteiger charge is -2.33. The van der Waals surface area contributed by atoms with Gasteiger partial charge in [0.25, 0.3) is 5.91 Å². The van der Waals surface area contributed by atoms with Gasteiger partial charge in [-0.25, -0.2) is 0 Å². The van der Waals surface area contributed by atoms with Crippen molar-refractivity contribution in [1.82, 2.24) is 9.80 Å². The fraction of sp³-hybridized carbons (Fsp3) is 0.579. The zero-order chi connectivity index (χ0) is 19.3. The van der Waals surface area contributed by atoms with Gasteiger partial charge in [-0.05, 0) is 49.9 Å². The second-order valence-electron chi connectivity index (χ2n) is 6.98. The summed E-state index contributed by atoms with van der Waals surface area (Å²) in [4.78, 5) is 26.5. The fourth-order valence-corrected chi connectivity index (χ4v) is 3.32. The molecule has 1 fully saturated rings. The van der Waals surface area contributed by atoms with E-state index in [9.17, 15) is 22.8 Å². The van der Waals surface area contributed by atoms with Crippen molar-refractivity contribution < 1.29 is 22.8 Å². The van der Waals surface area contributed by atoms with E-state index < -0.39 is 23.4 Å². The van der Waals surface area contributed by atoms with Crippen molar-refractivity contribution >= 4 is 11.7 Å². The molecule has 2 rings (SSSR count). The number of ketones is 1. The topological polar surface area (TPSA) is 40.6 Å². The molecule has 26 heavy (non-hydrogen) atoms. The van der Waals surface area contributed by atoms with Crippen LogP contribution in [-0.4, -0.2) is 54.7 Å². The number of likely N-dealkylation sites (N-methyl/N-ethyl adjacent to an activating group) is 1. The number of alkyl halides is 3. The lowest BCUT2D eigenvalue weighted by molar-refractivity contribution is -0.143. The first kappa shape index (κ1) is 20.4. The summed E-state index contributed by atoms with van der Waals surface area (Å²) in [6.45, 7) is 4.27. The molecule has 144 valence electrons. The number of rotatable bonds is 6. The van der Waals surface area contributed by atoms with Gasteiger partial charge in [-0.15, -0.1) is 0 Å². The molecule has 0 aliphatic carbocycles. The number of carbonyl (C=O) groups is 2. The predicted molar refractivity (Wildman–Crippen MR) is 92.6 cm³/mol. The van der Waals surface area contributed by atoms with Crippen molar-refractivity contribution in [3.63, 3.8) is 0 Å². The van der Waals surface area contributed by atoms with E-state index >= 15 is 0 Å². The van der Waals surface area contributed by atoms with Crippen LogP contribution in [0.3, 0.4) is 0 Å². The first-order chi connectivity index (χ1) is 12.2. The number of hydrogen-bond donors (Lipinski definition) is 0. The van der Waals surface area contributed by atoms with E-state index in [1.165, 1.54) is 24.0 Å². The maximum atomic E-state index is 12.8. The molecule has 0 radical (unpaired) electrons. The van der Waals surface area contributed by atoms with E-state index in [0.29, 0.717) is 24.4 Å². The van der Waals surface area contributed by atoms with Crippen LogP contribution in [0.25, 0.3) is 0 Å². The van der Waals surface area contributed by atoms with Gasteiger partial charge in [0.05, 0.1) is 5.56 Å². The van der Waals surface area contributed by atoms with Crippen molar-refractivity contribution in [2.75, 3.05) is 33.2 Å². The molecule has 0 bridgehead atoms. The Labute approximate surface area is 152 Å². The Hall–Kier alpha value is -1.89. The molecule has 1 saturated heterocycles. The van der Waals surface area contributed by atoms with Crippen LogP contribution in [0.1, 0.15) is 30.9 Å². The van der Waals surface area contributed by atoms with Crippen LogP contribution in [0.5, 0.6) is 0 Å². The molecule has 1 amide bonds. The Morgan fingerprint density at radius 2 is 1.88 bits per heavy atom. The lowest BCUT2D eigenvalue weighted by atomic mass is 9.95. The Balaban J connectivity index is 1.77. The smallest absolute Gasteiger partial charge is 0.339 e. The summed E-state index contributed by atoms with van der Waals surface area (Å²) in [5.41, 5.74) is 0.0839. The summed E-state index contributed by atoms with van der Waals surface area (Å²) in [6.07, 6.45) is -1.90. The molecule has 0 atom stereocenters. The molecule has 1 heterocycles. The highest BCUT2D eigenvalue weighted by Gasteiger charge is 2.30. The lowest BCUT2D eigenvalue weighted by Crippen LogP contribution is -2.41. The molecule has 7 heteroatoms.